The average molecular weight is 150 g/mol. The minimum absolute atomic E-state index is 0.0451. The van der Waals surface area contributed by atoms with Gasteiger partial charge in [-0.25, -0.2) is 9.97 Å². The molecular weight excluding hydrogens is 140 g/mol. The predicted octanol–water partition coefficient (Wildman–Crippen LogP) is 0.796. The number of hydrogen-bond acceptors (Lipinski definition) is 3. The maximum Gasteiger partial charge on any atom is 0.115 e. The zero-order valence-corrected chi connectivity index (χ0v) is 6.14. The van der Waals surface area contributed by atoms with E-state index in [0.29, 0.717) is 0 Å². The van der Waals surface area contributed by atoms with E-state index in [2.05, 4.69) is 22.3 Å². The van der Waals surface area contributed by atoms with E-state index in [0.717, 1.165) is 0 Å². The lowest BCUT2D eigenvalue weighted by atomic mass is 10.7. The molecule has 0 aliphatic carbocycles. The van der Waals surface area contributed by atoms with Gasteiger partial charge in [-0.2, -0.15) is 0 Å². The van der Waals surface area contributed by atoms with Crippen LogP contribution in [0.15, 0.2) is 43.2 Å². The van der Waals surface area contributed by atoms with Crippen LogP contribution in [0.25, 0.3) is 0 Å². The van der Waals surface area contributed by atoms with Crippen molar-refractivity contribution in [2.24, 2.45) is 0 Å². The van der Waals surface area contributed by atoms with Crippen molar-refractivity contribution in [2.75, 3.05) is 6.61 Å². The van der Waals surface area contributed by atoms with Crippen molar-refractivity contribution >= 4 is 0 Å². The number of aliphatic hydroxyl groups excluding tert-OH is 1. The third kappa shape index (κ3) is 8.56. The summed E-state index contributed by atoms with van der Waals surface area (Å²) in [6.45, 7) is 3.26. The van der Waals surface area contributed by atoms with Crippen LogP contribution in [0.1, 0.15) is 0 Å². The number of aliphatic hydroxyl groups is 1. The largest absolute Gasteiger partial charge is 0.392 e. The van der Waals surface area contributed by atoms with E-state index in [1.807, 2.05) is 0 Å². The zero-order valence-electron chi connectivity index (χ0n) is 6.14. The Balaban J connectivity index is 0.000000187. The van der Waals surface area contributed by atoms with Gasteiger partial charge < -0.3 is 5.11 Å². The summed E-state index contributed by atoms with van der Waals surface area (Å²) in [7, 11) is 0. The highest BCUT2D eigenvalue weighted by Crippen LogP contribution is 1.66. The number of nitrogens with zero attached hydrogens (tertiary/aromatic N) is 2. The zero-order chi connectivity index (χ0) is 8.36. The minimum Gasteiger partial charge on any atom is -0.392 e. The quantitative estimate of drug-likeness (QED) is 0.602. The van der Waals surface area contributed by atoms with Gasteiger partial charge in [-0.1, -0.05) is 6.58 Å². The van der Waals surface area contributed by atoms with E-state index in [9.17, 15) is 0 Å². The van der Waals surface area contributed by atoms with Crippen LogP contribution in [-0.2, 0) is 0 Å². The molecule has 0 atom stereocenters. The molecule has 0 bridgehead atoms. The lowest BCUT2D eigenvalue weighted by molar-refractivity contribution is 0.343. The summed E-state index contributed by atoms with van der Waals surface area (Å²) in [5.74, 6) is 0. The molecule has 0 aromatic carbocycles. The molecule has 3 nitrogen and oxygen atoms in total. The second-order valence-electron chi connectivity index (χ2n) is 1.50. The molecule has 58 valence electrons. The van der Waals surface area contributed by atoms with E-state index in [4.69, 9.17) is 5.11 Å². The molecule has 0 radical (unpaired) electrons. The summed E-state index contributed by atoms with van der Waals surface area (Å²) in [5, 5.41) is 7.91. The van der Waals surface area contributed by atoms with Gasteiger partial charge in [-0.3, -0.25) is 0 Å². The Morgan fingerprint density at radius 2 is 2.09 bits per heavy atom. The highest BCUT2D eigenvalue weighted by atomic mass is 16.2. The summed E-state index contributed by atoms with van der Waals surface area (Å²) >= 11 is 0. The lowest BCUT2D eigenvalue weighted by Gasteiger charge is -1.70. The molecule has 1 aromatic heterocycles. The van der Waals surface area contributed by atoms with Crippen LogP contribution in [0.4, 0.5) is 0 Å². The van der Waals surface area contributed by atoms with Crippen LogP contribution < -0.4 is 0 Å². The van der Waals surface area contributed by atoms with Gasteiger partial charge in [-0.05, 0) is 12.1 Å². The van der Waals surface area contributed by atoms with Gasteiger partial charge in [0.2, 0.25) is 0 Å². The van der Waals surface area contributed by atoms with E-state index >= 15 is 0 Å². The second kappa shape index (κ2) is 8.56. The molecule has 11 heavy (non-hydrogen) atoms. The topological polar surface area (TPSA) is 46.0 Å². The van der Waals surface area contributed by atoms with Gasteiger partial charge in [-0.15, -0.1) is 5.73 Å². The Bertz CT molecular complexity index is 178. The van der Waals surface area contributed by atoms with Crippen LogP contribution in [-0.4, -0.2) is 21.7 Å². The average Bonchev–Trinajstić information content (AvgIpc) is 2.10. The third-order valence-electron chi connectivity index (χ3n) is 0.713. The Morgan fingerprint density at radius 3 is 2.18 bits per heavy atom. The minimum atomic E-state index is 0.0451. The van der Waals surface area contributed by atoms with Crippen LogP contribution >= 0.6 is 0 Å². The molecule has 0 aliphatic rings. The molecule has 0 aliphatic heterocycles. The molecule has 1 N–H and O–H groups in total. The molecule has 1 rings (SSSR count). The van der Waals surface area contributed by atoms with Gasteiger partial charge >= 0.3 is 0 Å². The summed E-state index contributed by atoms with van der Waals surface area (Å²) in [6.07, 6.45) is 6.32. The first kappa shape index (κ1) is 9.56. The molecule has 0 unspecified atom stereocenters. The fourth-order valence-corrected chi connectivity index (χ4v) is 0.318. The van der Waals surface area contributed by atoms with Crippen LogP contribution in [0.2, 0.25) is 0 Å². The Morgan fingerprint density at radius 1 is 1.45 bits per heavy atom. The van der Waals surface area contributed by atoms with Crippen molar-refractivity contribution in [2.45, 2.75) is 0 Å². The van der Waals surface area contributed by atoms with Crippen molar-refractivity contribution in [1.29, 1.82) is 0 Å². The van der Waals surface area contributed by atoms with Crippen molar-refractivity contribution in [3.63, 3.8) is 0 Å². The summed E-state index contributed by atoms with van der Waals surface area (Å²) in [6, 6.07) is 1.78. The van der Waals surface area contributed by atoms with E-state index < -0.39 is 0 Å². The number of hydrogen-bond donors (Lipinski definition) is 1. The van der Waals surface area contributed by atoms with Crippen molar-refractivity contribution in [3.05, 3.63) is 43.2 Å². The Hall–Kier alpha value is -1.44. The molecular formula is C8H10N2O. The first-order valence-corrected chi connectivity index (χ1v) is 3.07. The van der Waals surface area contributed by atoms with Gasteiger partial charge in [0.05, 0.1) is 6.61 Å². The standard InChI is InChI=1S/C4H4N2.C4H6O/c1-2-5-4-6-3-1;1-2-3-4-5/h1-4H;3,5H,1,4H2. The second-order valence-corrected chi connectivity index (χ2v) is 1.50. The van der Waals surface area contributed by atoms with Crippen LogP contribution in [0.5, 0.6) is 0 Å². The summed E-state index contributed by atoms with van der Waals surface area (Å²) < 4.78 is 0. The van der Waals surface area contributed by atoms with E-state index in [1.165, 1.54) is 12.4 Å². The fraction of sp³-hybridized carbons (Fsp3) is 0.125. The SMILES string of the molecule is C=C=CCO.c1cncnc1. The van der Waals surface area contributed by atoms with Gasteiger partial charge in [0.15, 0.2) is 0 Å². The maximum atomic E-state index is 7.91. The smallest absolute Gasteiger partial charge is 0.115 e. The van der Waals surface area contributed by atoms with E-state index in [1.54, 1.807) is 18.5 Å². The predicted molar refractivity (Wildman–Crippen MR) is 42.8 cm³/mol. The van der Waals surface area contributed by atoms with Gasteiger partial charge in [0.1, 0.15) is 6.33 Å². The number of rotatable bonds is 1. The molecule has 1 aromatic rings. The third-order valence-corrected chi connectivity index (χ3v) is 0.713. The Labute approximate surface area is 65.8 Å². The van der Waals surface area contributed by atoms with Crippen LogP contribution in [0, 0.1) is 0 Å². The highest BCUT2D eigenvalue weighted by molar-refractivity contribution is 4.74. The summed E-state index contributed by atoms with van der Waals surface area (Å²) in [4.78, 5) is 7.35. The van der Waals surface area contributed by atoms with Gasteiger partial charge in [0.25, 0.3) is 0 Å². The van der Waals surface area contributed by atoms with Crippen molar-refractivity contribution in [1.82, 2.24) is 9.97 Å². The number of aromatic nitrogens is 2. The van der Waals surface area contributed by atoms with Crippen LogP contribution in [0.3, 0.4) is 0 Å². The monoisotopic (exact) mass is 150 g/mol. The van der Waals surface area contributed by atoms with Crippen molar-refractivity contribution < 1.29 is 5.11 Å². The summed E-state index contributed by atoms with van der Waals surface area (Å²) in [5.41, 5.74) is 2.39. The fourth-order valence-electron chi connectivity index (χ4n) is 0.318. The molecule has 0 saturated heterocycles. The molecule has 0 spiro atoms. The molecule has 3 heteroatoms. The molecule has 1 heterocycles. The lowest BCUT2D eigenvalue weighted by Crippen LogP contribution is -1.66. The maximum absolute atomic E-state index is 7.91. The highest BCUT2D eigenvalue weighted by Gasteiger charge is 1.59. The molecule has 0 saturated carbocycles. The normalized spacial score (nSPS) is 7.00. The Kier molecular flexibility index (Phi) is 7.44. The van der Waals surface area contributed by atoms with E-state index in [-0.39, 0.29) is 6.61 Å². The van der Waals surface area contributed by atoms with Crippen molar-refractivity contribution in [3.8, 4) is 0 Å². The first-order chi connectivity index (χ1) is 5.41. The first-order valence-electron chi connectivity index (χ1n) is 3.07. The molecule has 0 fully saturated rings. The molecule has 0 amide bonds. The van der Waals surface area contributed by atoms with Gasteiger partial charge in [0, 0.05) is 12.4 Å².